The summed E-state index contributed by atoms with van der Waals surface area (Å²) in [6, 6.07) is 2.81. The van der Waals surface area contributed by atoms with Crippen LogP contribution in [0.15, 0.2) is 36.0 Å². The molecule has 0 spiro atoms. The first-order valence-electron chi connectivity index (χ1n) is 8.87. The van der Waals surface area contributed by atoms with Gasteiger partial charge in [0.25, 0.3) is 0 Å². The molecule has 1 amide bonds. The third-order valence-corrected chi connectivity index (χ3v) is 7.34. The number of anilines is 1. The average Bonchev–Trinajstić information content (AvgIpc) is 3.21. The topological polar surface area (TPSA) is 93.9 Å². The fourth-order valence-corrected chi connectivity index (χ4v) is 5.63. The maximum absolute atomic E-state index is 13.7. The van der Waals surface area contributed by atoms with Gasteiger partial charge in [-0.15, -0.1) is 16.8 Å². The van der Waals surface area contributed by atoms with Crippen LogP contribution in [0.5, 0.6) is 0 Å². The Morgan fingerprint density at radius 3 is 2.86 bits per heavy atom. The number of sulfone groups is 1. The molecular formula is C18H20F2N4O3S2. The van der Waals surface area contributed by atoms with Crippen LogP contribution in [0, 0.1) is 11.6 Å². The van der Waals surface area contributed by atoms with Gasteiger partial charge in [-0.3, -0.25) is 4.79 Å². The van der Waals surface area contributed by atoms with Crippen molar-refractivity contribution in [3.05, 3.63) is 48.3 Å². The molecule has 1 aromatic carbocycles. The number of benzene rings is 1. The molecule has 1 aromatic heterocycles. The van der Waals surface area contributed by atoms with Crippen molar-refractivity contribution < 1.29 is 22.0 Å². The lowest BCUT2D eigenvalue weighted by Gasteiger charge is -2.14. The van der Waals surface area contributed by atoms with Crippen LogP contribution in [0.2, 0.25) is 0 Å². The highest BCUT2D eigenvalue weighted by atomic mass is 32.2. The van der Waals surface area contributed by atoms with E-state index < -0.39 is 32.6 Å². The van der Waals surface area contributed by atoms with Crippen LogP contribution in [-0.4, -0.2) is 45.8 Å². The van der Waals surface area contributed by atoms with Crippen LogP contribution in [0.3, 0.4) is 0 Å². The molecule has 2 unspecified atom stereocenters. The molecule has 7 nitrogen and oxygen atoms in total. The van der Waals surface area contributed by atoms with E-state index in [0.29, 0.717) is 23.9 Å². The summed E-state index contributed by atoms with van der Waals surface area (Å²) in [5.41, 5.74) is -0.244. The lowest BCUT2D eigenvalue weighted by molar-refractivity contribution is -0.115. The number of aromatic nitrogens is 3. The maximum atomic E-state index is 13.7. The van der Waals surface area contributed by atoms with Crippen LogP contribution in [0.1, 0.15) is 25.1 Å². The fraction of sp³-hybridized carbons (Fsp3) is 0.389. The predicted molar refractivity (Wildman–Crippen MR) is 107 cm³/mol. The zero-order chi connectivity index (χ0) is 21.2. The zero-order valence-corrected chi connectivity index (χ0v) is 17.3. The number of nitrogens with one attached hydrogen (secondary N) is 1. The molecule has 11 heteroatoms. The molecular weight excluding hydrogens is 422 g/mol. The smallest absolute Gasteiger partial charge is 0.237 e. The summed E-state index contributed by atoms with van der Waals surface area (Å²) in [4.78, 5) is 12.4. The van der Waals surface area contributed by atoms with E-state index >= 15 is 0 Å². The highest BCUT2D eigenvalue weighted by Crippen LogP contribution is 2.31. The van der Waals surface area contributed by atoms with Gasteiger partial charge in [0.15, 0.2) is 15.0 Å². The van der Waals surface area contributed by atoms with Gasteiger partial charge in [0.2, 0.25) is 5.91 Å². The minimum Gasteiger partial charge on any atom is -0.323 e. The van der Waals surface area contributed by atoms with E-state index in [0.717, 1.165) is 30.0 Å². The molecule has 1 aliphatic rings. The van der Waals surface area contributed by atoms with E-state index in [9.17, 15) is 22.0 Å². The lowest BCUT2D eigenvalue weighted by Crippen LogP contribution is -2.23. The van der Waals surface area contributed by atoms with Crippen molar-refractivity contribution in [1.29, 1.82) is 0 Å². The molecule has 1 N–H and O–H groups in total. The van der Waals surface area contributed by atoms with Crippen molar-refractivity contribution in [2.24, 2.45) is 0 Å². The monoisotopic (exact) mass is 442 g/mol. The molecule has 0 aliphatic carbocycles. The number of amides is 1. The molecule has 0 radical (unpaired) electrons. The van der Waals surface area contributed by atoms with Gasteiger partial charge in [0.05, 0.1) is 22.4 Å². The Morgan fingerprint density at radius 2 is 2.21 bits per heavy atom. The molecule has 2 atom stereocenters. The normalized spacial score (nSPS) is 19.1. The van der Waals surface area contributed by atoms with Crippen molar-refractivity contribution in [2.45, 2.75) is 36.2 Å². The Morgan fingerprint density at radius 1 is 1.45 bits per heavy atom. The number of halogens is 2. The summed E-state index contributed by atoms with van der Waals surface area (Å²) in [7, 11) is -3.09. The average molecular weight is 443 g/mol. The second-order valence-electron chi connectivity index (χ2n) is 6.71. The van der Waals surface area contributed by atoms with Gasteiger partial charge < -0.3 is 9.88 Å². The number of nitrogens with zero attached hydrogens (tertiary/aromatic N) is 3. The van der Waals surface area contributed by atoms with Crippen LogP contribution in [-0.2, 0) is 21.2 Å². The minimum absolute atomic E-state index is 0.0157. The first kappa shape index (κ1) is 21.4. The summed E-state index contributed by atoms with van der Waals surface area (Å²) in [6.07, 6.45) is 2.10. The molecule has 1 fully saturated rings. The van der Waals surface area contributed by atoms with Gasteiger partial charge >= 0.3 is 0 Å². The highest BCUT2D eigenvalue weighted by molar-refractivity contribution is 8.00. The Bertz CT molecular complexity index is 1040. The molecule has 2 heterocycles. The molecule has 0 bridgehead atoms. The second kappa shape index (κ2) is 8.62. The van der Waals surface area contributed by atoms with E-state index in [-0.39, 0.29) is 23.1 Å². The summed E-state index contributed by atoms with van der Waals surface area (Å²) in [6.45, 7) is 5.66. The van der Waals surface area contributed by atoms with Crippen LogP contribution in [0.4, 0.5) is 14.5 Å². The van der Waals surface area contributed by atoms with Crippen LogP contribution in [0.25, 0.3) is 0 Å². The van der Waals surface area contributed by atoms with Crippen LogP contribution < -0.4 is 5.32 Å². The first-order valence-corrected chi connectivity index (χ1v) is 11.6. The molecule has 3 rings (SSSR count). The van der Waals surface area contributed by atoms with E-state index in [2.05, 4.69) is 22.1 Å². The van der Waals surface area contributed by atoms with Gasteiger partial charge in [0.1, 0.15) is 17.5 Å². The number of carbonyl (C=O) groups is 1. The van der Waals surface area contributed by atoms with Gasteiger partial charge in [-0.2, -0.15) is 0 Å². The standard InChI is InChI=1S/C18H20F2N4O3S2/c1-3-7-24-16(12-6-8-29(26,27)10-12)22-23-18(24)28-11(2)17(25)21-15-9-13(19)4-5-14(15)20/h3-5,9,11-12H,1,6-8,10H2,2H3,(H,21,25). The fourth-order valence-electron chi connectivity index (χ4n) is 3.03. The summed E-state index contributed by atoms with van der Waals surface area (Å²) < 4.78 is 52.4. The first-order chi connectivity index (χ1) is 13.7. The van der Waals surface area contributed by atoms with Gasteiger partial charge in [-0.25, -0.2) is 17.2 Å². The van der Waals surface area contributed by atoms with Crippen molar-refractivity contribution in [2.75, 3.05) is 16.8 Å². The summed E-state index contributed by atoms with van der Waals surface area (Å²) >= 11 is 1.09. The van der Waals surface area contributed by atoms with Crippen molar-refractivity contribution in [3.8, 4) is 0 Å². The van der Waals surface area contributed by atoms with Crippen LogP contribution >= 0.6 is 11.8 Å². The molecule has 156 valence electrons. The van der Waals surface area contributed by atoms with E-state index in [4.69, 9.17) is 0 Å². The third-order valence-electron chi connectivity index (χ3n) is 4.49. The van der Waals surface area contributed by atoms with Gasteiger partial charge in [0, 0.05) is 18.5 Å². The number of carbonyl (C=O) groups excluding carboxylic acids is 1. The summed E-state index contributed by atoms with van der Waals surface area (Å²) in [5, 5.41) is 10.3. The van der Waals surface area contributed by atoms with E-state index in [1.54, 1.807) is 17.6 Å². The molecule has 0 saturated carbocycles. The highest BCUT2D eigenvalue weighted by Gasteiger charge is 2.33. The zero-order valence-electron chi connectivity index (χ0n) is 15.6. The largest absolute Gasteiger partial charge is 0.323 e. The number of thioether (sulfide) groups is 1. The van der Waals surface area contributed by atoms with E-state index in [1.165, 1.54) is 0 Å². The quantitative estimate of drug-likeness (QED) is 0.524. The second-order valence-corrected chi connectivity index (χ2v) is 10.3. The summed E-state index contributed by atoms with van der Waals surface area (Å²) in [5.74, 6) is -1.52. The SMILES string of the molecule is C=CCn1c(SC(C)C(=O)Nc2cc(F)ccc2F)nnc1C1CCS(=O)(=O)C1. The number of hydrogen-bond acceptors (Lipinski definition) is 6. The molecule has 1 aliphatic heterocycles. The molecule has 2 aromatic rings. The Kier molecular flexibility index (Phi) is 6.37. The van der Waals surface area contributed by atoms with E-state index in [1.807, 2.05) is 0 Å². The lowest BCUT2D eigenvalue weighted by atomic mass is 10.1. The predicted octanol–water partition coefficient (Wildman–Crippen LogP) is 2.76. The Balaban J connectivity index is 1.76. The number of hydrogen-bond donors (Lipinski definition) is 1. The number of rotatable bonds is 7. The molecule has 29 heavy (non-hydrogen) atoms. The van der Waals surface area contributed by atoms with Crippen molar-refractivity contribution >= 4 is 33.2 Å². The Labute approximate surface area is 171 Å². The number of allylic oxidation sites excluding steroid dienone is 1. The third kappa shape index (κ3) is 5.02. The minimum atomic E-state index is -3.09. The Hall–Kier alpha value is -2.27. The molecule has 1 saturated heterocycles. The maximum Gasteiger partial charge on any atom is 0.237 e. The van der Waals surface area contributed by atoms with Crippen molar-refractivity contribution in [3.63, 3.8) is 0 Å². The van der Waals surface area contributed by atoms with Gasteiger partial charge in [-0.1, -0.05) is 17.8 Å². The van der Waals surface area contributed by atoms with Gasteiger partial charge in [-0.05, 0) is 25.5 Å². The van der Waals surface area contributed by atoms with Crippen molar-refractivity contribution in [1.82, 2.24) is 14.8 Å².